The molecule has 0 amide bonds. The molecular weight excluding hydrogens is 282 g/mol. The van der Waals surface area contributed by atoms with E-state index in [0.717, 1.165) is 28.4 Å². The number of para-hydroxylation sites is 1. The smallest absolute Gasteiger partial charge is 0.124 e. The van der Waals surface area contributed by atoms with Gasteiger partial charge in [-0.15, -0.1) is 0 Å². The highest BCUT2D eigenvalue weighted by Gasteiger charge is 2.10. The van der Waals surface area contributed by atoms with Gasteiger partial charge in [0, 0.05) is 23.2 Å². The van der Waals surface area contributed by atoms with Crippen LogP contribution in [0.5, 0.6) is 5.75 Å². The third-order valence-corrected chi connectivity index (χ3v) is 3.65. The summed E-state index contributed by atoms with van der Waals surface area (Å²) in [6, 6.07) is 16.2. The van der Waals surface area contributed by atoms with Crippen molar-refractivity contribution in [3.8, 4) is 5.75 Å². The zero-order chi connectivity index (χ0) is 15.2. The zero-order valence-electron chi connectivity index (χ0n) is 12.8. The Morgan fingerprint density at radius 3 is 2.38 bits per heavy atom. The van der Waals surface area contributed by atoms with E-state index in [4.69, 9.17) is 16.3 Å². The van der Waals surface area contributed by atoms with E-state index in [0.29, 0.717) is 0 Å². The number of halogens is 1. The monoisotopic (exact) mass is 303 g/mol. The maximum Gasteiger partial charge on any atom is 0.124 e. The zero-order valence-corrected chi connectivity index (χ0v) is 13.5. The van der Waals surface area contributed by atoms with Crippen LogP contribution in [0.2, 0.25) is 5.02 Å². The average molecular weight is 304 g/mol. The van der Waals surface area contributed by atoms with Crippen molar-refractivity contribution in [3.63, 3.8) is 0 Å². The van der Waals surface area contributed by atoms with Crippen LogP contribution in [0.4, 0.5) is 0 Å². The van der Waals surface area contributed by atoms with Gasteiger partial charge < -0.3 is 10.1 Å². The van der Waals surface area contributed by atoms with Crippen LogP contribution in [-0.4, -0.2) is 6.10 Å². The summed E-state index contributed by atoms with van der Waals surface area (Å²) in [7, 11) is 0. The van der Waals surface area contributed by atoms with Crippen LogP contribution in [-0.2, 0) is 6.54 Å². The molecule has 0 radical (unpaired) electrons. The van der Waals surface area contributed by atoms with E-state index in [1.165, 1.54) is 0 Å². The maximum atomic E-state index is 6.24. The van der Waals surface area contributed by atoms with Gasteiger partial charge in [-0.3, -0.25) is 0 Å². The molecule has 0 aromatic heterocycles. The number of hydrogen-bond acceptors (Lipinski definition) is 2. The quantitative estimate of drug-likeness (QED) is 0.813. The lowest BCUT2D eigenvalue weighted by molar-refractivity contribution is 0.239. The third-order valence-electron chi connectivity index (χ3n) is 3.31. The molecule has 2 aromatic rings. The Hall–Kier alpha value is -1.51. The van der Waals surface area contributed by atoms with Crippen LogP contribution in [0.1, 0.15) is 37.9 Å². The Labute approximate surface area is 132 Å². The van der Waals surface area contributed by atoms with Gasteiger partial charge in [0.1, 0.15) is 5.75 Å². The normalized spacial score (nSPS) is 12.4. The summed E-state index contributed by atoms with van der Waals surface area (Å²) >= 11 is 6.24. The molecule has 3 heteroatoms. The number of benzene rings is 2. The molecule has 2 rings (SSSR count). The van der Waals surface area contributed by atoms with Crippen molar-refractivity contribution in [2.45, 2.75) is 39.5 Å². The first-order chi connectivity index (χ1) is 10.1. The molecule has 0 fully saturated rings. The standard InChI is InChI=1S/C18H22ClNO/c1-13(2)21-18-11-7-4-8-15(18)12-20-14(3)16-9-5-6-10-17(16)19/h4-11,13-14,20H,12H2,1-3H3/t14-/m0/s1. The van der Waals surface area contributed by atoms with E-state index < -0.39 is 0 Å². The first kappa shape index (κ1) is 15.9. The molecule has 0 bridgehead atoms. The Morgan fingerprint density at radius 2 is 1.67 bits per heavy atom. The Morgan fingerprint density at radius 1 is 1.00 bits per heavy atom. The van der Waals surface area contributed by atoms with Gasteiger partial charge in [-0.05, 0) is 38.5 Å². The molecule has 0 aliphatic rings. The first-order valence-corrected chi connectivity index (χ1v) is 7.68. The molecule has 0 saturated carbocycles. The lowest BCUT2D eigenvalue weighted by Crippen LogP contribution is -2.19. The van der Waals surface area contributed by atoms with Crippen molar-refractivity contribution in [1.29, 1.82) is 0 Å². The second-order valence-electron chi connectivity index (χ2n) is 5.40. The lowest BCUT2D eigenvalue weighted by Gasteiger charge is -2.18. The molecule has 1 N–H and O–H groups in total. The summed E-state index contributed by atoms with van der Waals surface area (Å²) in [5.74, 6) is 0.936. The summed E-state index contributed by atoms with van der Waals surface area (Å²) < 4.78 is 5.84. The fraction of sp³-hybridized carbons (Fsp3) is 0.333. The second kappa shape index (κ2) is 7.48. The van der Waals surface area contributed by atoms with Crippen LogP contribution in [0.25, 0.3) is 0 Å². The average Bonchev–Trinajstić information content (AvgIpc) is 2.46. The van der Waals surface area contributed by atoms with Gasteiger partial charge in [0.05, 0.1) is 6.10 Å². The van der Waals surface area contributed by atoms with E-state index >= 15 is 0 Å². The minimum absolute atomic E-state index is 0.173. The van der Waals surface area contributed by atoms with Crippen LogP contribution >= 0.6 is 11.6 Å². The summed E-state index contributed by atoms with van der Waals surface area (Å²) in [5, 5.41) is 4.30. The number of rotatable bonds is 6. The van der Waals surface area contributed by atoms with Crippen molar-refractivity contribution < 1.29 is 4.74 Å². The van der Waals surface area contributed by atoms with Gasteiger partial charge in [0.2, 0.25) is 0 Å². The van der Waals surface area contributed by atoms with Crippen molar-refractivity contribution in [1.82, 2.24) is 5.32 Å². The van der Waals surface area contributed by atoms with E-state index in [1.54, 1.807) is 0 Å². The fourth-order valence-corrected chi connectivity index (χ4v) is 2.52. The topological polar surface area (TPSA) is 21.3 Å². The van der Waals surface area contributed by atoms with Gasteiger partial charge in [0.25, 0.3) is 0 Å². The first-order valence-electron chi connectivity index (χ1n) is 7.30. The van der Waals surface area contributed by atoms with Crippen LogP contribution in [0.3, 0.4) is 0 Å². The number of ether oxygens (including phenoxy) is 1. The lowest BCUT2D eigenvalue weighted by atomic mass is 10.1. The predicted octanol–water partition coefficient (Wildman–Crippen LogP) is 4.98. The molecular formula is C18H22ClNO. The molecule has 0 heterocycles. The molecule has 0 aliphatic heterocycles. The maximum absolute atomic E-state index is 6.24. The third kappa shape index (κ3) is 4.48. The molecule has 0 spiro atoms. The minimum Gasteiger partial charge on any atom is -0.491 e. The Balaban J connectivity index is 2.05. The highest BCUT2D eigenvalue weighted by Crippen LogP contribution is 2.24. The predicted molar refractivity (Wildman–Crippen MR) is 88.9 cm³/mol. The molecule has 0 unspecified atom stereocenters. The van der Waals surface area contributed by atoms with Crippen molar-refractivity contribution in [2.75, 3.05) is 0 Å². The van der Waals surface area contributed by atoms with Crippen LogP contribution < -0.4 is 10.1 Å². The molecule has 112 valence electrons. The van der Waals surface area contributed by atoms with Gasteiger partial charge >= 0.3 is 0 Å². The van der Waals surface area contributed by atoms with Crippen molar-refractivity contribution in [3.05, 3.63) is 64.7 Å². The molecule has 2 nitrogen and oxygen atoms in total. The summed E-state index contributed by atoms with van der Waals surface area (Å²) in [5.41, 5.74) is 2.27. The molecule has 0 aliphatic carbocycles. The number of hydrogen-bond donors (Lipinski definition) is 1. The highest BCUT2D eigenvalue weighted by atomic mass is 35.5. The van der Waals surface area contributed by atoms with Crippen molar-refractivity contribution in [2.24, 2.45) is 0 Å². The van der Waals surface area contributed by atoms with Gasteiger partial charge in [0.15, 0.2) is 0 Å². The SMILES string of the molecule is CC(C)Oc1ccccc1CN[C@@H](C)c1ccccc1Cl. The molecule has 0 saturated heterocycles. The van der Waals surface area contributed by atoms with E-state index in [1.807, 2.05) is 50.2 Å². The largest absolute Gasteiger partial charge is 0.491 e. The van der Waals surface area contributed by atoms with E-state index in [9.17, 15) is 0 Å². The van der Waals surface area contributed by atoms with Crippen LogP contribution in [0, 0.1) is 0 Å². The fourth-order valence-electron chi connectivity index (χ4n) is 2.22. The molecule has 1 atom stereocenters. The van der Waals surface area contributed by atoms with E-state index in [2.05, 4.69) is 24.4 Å². The molecule has 21 heavy (non-hydrogen) atoms. The van der Waals surface area contributed by atoms with Crippen molar-refractivity contribution >= 4 is 11.6 Å². The minimum atomic E-state index is 0.173. The van der Waals surface area contributed by atoms with Gasteiger partial charge in [-0.1, -0.05) is 48.0 Å². The van der Waals surface area contributed by atoms with E-state index in [-0.39, 0.29) is 12.1 Å². The summed E-state index contributed by atoms with van der Waals surface area (Å²) in [6.45, 7) is 6.94. The Bertz CT molecular complexity index is 583. The highest BCUT2D eigenvalue weighted by molar-refractivity contribution is 6.31. The second-order valence-corrected chi connectivity index (χ2v) is 5.81. The summed E-state index contributed by atoms with van der Waals surface area (Å²) in [4.78, 5) is 0. The molecule has 2 aromatic carbocycles. The summed E-state index contributed by atoms with van der Waals surface area (Å²) in [6.07, 6.45) is 0.173. The number of nitrogens with one attached hydrogen (secondary N) is 1. The Kier molecular flexibility index (Phi) is 5.66. The van der Waals surface area contributed by atoms with Crippen LogP contribution in [0.15, 0.2) is 48.5 Å². The van der Waals surface area contributed by atoms with Gasteiger partial charge in [-0.2, -0.15) is 0 Å². The van der Waals surface area contributed by atoms with Gasteiger partial charge in [-0.25, -0.2) is 0 Å².